The van der Waals surface area contributed by atoms with Gasteiger partial charge in [-0.2, -0.15) is 0 Å². The predicted octanol–water partition coefficient (Wildman–Crippen LogP) is 7.88. The third-order valence-corrected chi connectivity index (χ3v) is 5.88. The van der Waals surface area contributed by atoms with Gasteiger partial charge in [0.25, 0.3) is 0 Å². The van der Waals surface area contributed by atoms with Gasteiger partial charge >= 0.3 is 0 Å². The van der Waals surface area contributed by atoms with Crippen LogP contribution in [0.4, 0.5) is 0 Å². The van der Waals surface area contributed by atoms with Crippen LogP contribution in [-0.4, -0.2) is 0 Å². The average Bonchev–Trinajstić information content (AvgIpc) is 2.75. The van der Waals surface area contributed by atoms with Crippen molar-refractivity contribution in [1.82, 2.24) is 0 Å². The van der Waals surface area contributed by atoms with Crippen LogP contribution in [-0.2, 0) is 19.3 Å². The molecule has 0 aliphatic rings. The highest BCUT2D eigenvalue weighted by Gasteiger charge is 2.09. The van der Waals surface area contributed by atoms with Crippen LogP contribution in [0.25, 0.3) is 10.8 Å². The maximum Gasteiger partial charge on any atom is 0.0245 e. The summed E-state index contributed by atoms with van der Waals surface area (Å²) in [4.78, 5) is 0. The van der Waals surface area contributed by atoms with Crippen molar-refractivity contribution in [2.24, 2.45) is 0 Å². The minimum absolute atomic E-state index is 0.927. The molecule has 3 aromatic carbocycles. The molecule has 0 fully saturated rings. The van der Waals surface area contributed by atoms with E-state index >= 15 is 0 Å². The Balaban J connectivity index is 1.96. The lowest BCUT2D eigenvalue weighted by molar-refractivity contribution is 0.694. The van der Waals surface area contributed by atoms with Gasteiger partial charge in [0.15, 0.2) is 0 Å². The summed E-state index contributed by atoms with van der Waals surface area (Å²) < 4.78 is 0. The standard InChI is InChI=1S/C29H34/c1-4-7-9-15-25-21-28-18-12-17-27(20-24-14-11-13-23(6-3)19-24)29(28)22-26(25)16-10-8-5-2/h3,11-14,17-19,21-22H,4-5,7-10,15-16,20H2,1-2H3. The summed E-state index contributed by atoms with van der Waals surface area (Å²) in [7, 11) is 0. The van der Waals surface area contributed by atoms with E-state index in [9.17, 15) is 0 Å². The van der Waals surface area contributed by atoms with E-state index in [1.807, 2.05) is 6.07 Å². The van der Waals surface area contributed by atoms with Crippen molar-refractivity contribution in [2.75, 3.05) is 0 Å². The number of hydrogen-bond donors (Lipinski definition) is 0. The van der Waals surface area contributed by atoms with E-state index in [1.54, 1.807) is 11.1 Å². The SMILES string of the molecule is C#Cc1cccc(Cc2cccc3cc(CCCCC)c(CCCCC)cc23)c1. The molecule has 0 heteroatoms. The van der Waals surface area contributed by atoms with Gasteiger partial charge in [0.05, 0.1) is 0 Å². The topological polar surface area (TPSA) is 0 Å². The van der Waals surface area contributed by atoms with Gasteiger partial charge < -0.3 is 0 Å². The second-order valence-corrected chi connectivity index (χ2v) is 8.19. The van der Waals surface area contributed by atoms with E-state index in [0.29, 0.717) is 0 Å². The average molecular weight is 383 g/mol. The molecule has 3 rings (SSSR count). The zero-order valence-corrected chi connectivity index (χ0v) is 18.1. The van der Waals surface area contributed by atoms with Crippen LogP contribution in [0.2, 0.25) is 0 Å². The minimum atomic E-state index is 0.927. The van der Waals surface area contributed by atoms with Crippen LogP contribution in [0, 0.1) is 12.3 Å². The second kappa shape index (κ2) is 10.9. The van der Waals surface area contributed by atoms with E-state index in [0.717, 1.165) is 12.0 Å². The first-order chi connectivity index (χ1) is 14.2. The Morgan fingerprint density at radius 1 is 0.724 bits per heavy atom. The van der Waals surface area contributed by atoms with Crippen molar-refractivity contribution in [1.29, 1.82) is 0 Å². The van der Waals surface area contributed by atoms with Gasteiger partial charge in [-0.3, -0.25) is 0 Å². The Morgan fingerprint density at radius 2 is 1.41 bits per heavy atom. The first-order valence-corrected chi connectivity index (χ1v) is 11.3. The molecule has 0 bridgehead atoms. The van der Waals surface area contributed by atoms with Gasteiger partial charge in [0.1, 0.15) is 0 Å². The van der Waals surface area contributed by atoms with Crippen LogP contribution in [0.1, 0.15) is 80.2 Å². The molecule has 29 heavy (non-hydrogen) atoms. The molecule has 0 aromatic heterocycles. The molecule has 0 aliphatic carbocycles. The number of fused-ring (bicyclic) bond motifs is 1. The van der Waals surface area contributed by atoms with E-state index in [4.69, 9.17) is 6.42 Å². The smallest absolute Gasteiger partial charge is 0.0245 e. The van der Waals surface area contributed by atoms with Gasteiger partial charge in [-0.15, -0.1) is 6.42 Å². The molecular formula is C29H34. The molecular weight excluding hydrogens is 348 g/mol. The summed E-state index contributed by atoms with van der Waals surface area (Å²) in [6, 6.07) is 20.1. The molecule has 0 nitrogen and oxygen atoms in total. The fourth-order valence-corrected chi connectivity index (χ4v) is 4.22. The number of terminal acetylenes is 1. The lowest BCUT2D eigenvalue weighted by Gasteiger charge is -2.15. The van der Waals surface area contributed by atoms with E-state index < -0.39 is 0 Å². The third-order valence-electron chi connectivity index (χ3n) is 5.88. The summed E-state index contributed by atoms with van der Waals surface area (Å²) in [6.45, 7) is 4.56. The Labute approximate surface area is 177 Å². The molecule has 0 aliphatic heterocycles. The number of aryl methyl sites for hydroxylation is 2. The molecule has 3 aromatic rings. The number of hydrogen-bond acceptors (Lipinski definition) is 0. The van der Waals surface area contributed by atoms with Crippen molar-refractivity contribution in [3.63, 3.8) is 0 Å². The molecule has 0 heterocycles. The van der Waals surface area contributed by atoms with Crippen LogP contribution < -0.4 is 0 Å². The van der Waals surface area contributed by atoms with Crippen molar-refractivity contribution < 1.29 is 0 Å². The fraction of sp³-hybridized carbons (Fsp3) is 0.379. The normalized spacial score (nSPS) is 10.9. The zero-order chi connectivity index (χ0) is 20.5. The summed E-state index contributed by atoms with van der Waals surface area (Å²) in [5.41, 5.74) is 6.77. The van der Waals surface area contributed by atoms with E-state index in [2.05, 4.69) is 68.3 Å². The number of benzene rings is 3. The molecule has 0 radical (unpaired) electrons. The second-order valence-electron chi connectivity index (χ2n) is 8.19. The molecule has 0 N–H and O–H groups in total. The highest BCUT2D eigenvalue weighted by molar-refractivity contribution is 5.87. The number of rotatable bonds is 10. The third kappa shape index (κ3) is 5.74. The van der Waals surface area contributed by atoms with Crippen molar-refractivity contribution in [3.8, 4) is 12.3 Å². The predicted molar refractivity (Wildman–Crippen MR) is 128 cm³/mol. The van der Waals surface area contributed by atoms with E-state index in [-0.39, 0.29) is 0 Å². The summed E-state index contributed by atoms with van der Waals surface area (Å²) >= 11 is 0. The molecule has 0 atom stereocenters. The summed E-state index contributed by atoms with van der Waals surface area (Å²) in [5, 5.41) is 2.78. The maximum atomic E-state index is 5.60. The van der Waals surface area contributed by atoms with Crippen molar-refractivity contribution >= 4 is 10.8 Å². The fourth-order valence-electron chi connectivity index (χ4n) is 4.22. The van der Waals surface area contributed by atoms with E-state index in [1.165, 1.54) is 73.3 Å². The molecule has 0 amide bonds. The van der Waals surface area contributed by atoms with Crippen LogP contribution in [0.5, 0.6) is 0 Å². The molecule has 0 saturated carbocycles. The molecule has 150 valence electrons. The van der Waals surface area contributed by atoms with Crippen molar-refractivity contribution in [3.05, 3.63) is 82.4 Å². The van der Waals surface area contributed by atoms with Gasteiger partial charge in [-0.1, -0.05) is 87.9 Å². The van der Waals surface area contributed by atoms with Crippen LogP contribution >= 0.6 is 0 Å². The highest BCUT2D eigenvalue weighted by atomic mass is 14.1. The lowest BCUT2D eigenvalue weighted by Crippen LogP contribution is -1.98. The monoisotopic (exact) mass is 382 g/mol. The van der Waals surface area contributed by atoms with Gasteiger partial charge in [-0.05, 0) is 77.3 Å². The quantitative estimate of drug-likeness (QED) is 0.247. The molecule has 0 unspecified atom stereocenters. The van der Waals surface area contributed by atoms with Gasteiger partial charge in [-0.25, -0.2) is 0 Å². The summed E-state index contributed by atoms with van der Waals surface area (Å²) in [6.07, 6.45) is 16.7. The minimum Gasteiger partial charge on any atom is -0.115 e. The molecule has 0 saturated heterocycles. The molecule has 0 spiro atoms. The van der Waals surface area contributed by atoms with Crippen LogP contribution in [0.15, 0.2) is 54.6 Å². The maximum absolute atomic E-state index is 5.60. The number of unbranched alkanes of at least 4 members (excludes halogenated alkanes) is 4. The highest BCUT2D eigenvalue weighted by Crippen LogP contribution is 2.28. The Hall–Kier alpha value is -2.52. The lowest BCUT2D eigenvalue weighted by atomic mass is 9.90. The van der Waals surface area contributed by atoms with Gasteiger partial charge in [0.2, 0.25) is 0 Å². The Morgan fingerprint density at radius 3 is 2.10 bits per heavy atom. The Bertz CT molecular complexity index is 971. The Kier molecular flexibility index (Phi) is 7.94. The van der Waals surface area contributed by atoms with Crippen molar-refractivity contribution in [2.45, 2.75) is 71.6 Å². The van der Waals surface area contributed by atoms with Crippen LogP contribution in [0.3, 0.4) is 0 Å². The summed E-state index contributed by atoms with van der Waals surface area (Å²) in [5.74, 6) is 2.76. The first-order valence-electron chi connectivity index (χ1n) is 11.3. The first kappa shape index (κ1) is 21.2. The van der Waals surface area contributed by atoms with Gasteiger partial charge in [0, 0.05) is 5.56 Å². The zero-order valence-electron chi connectivity index (χ0n) is 18.1. The largest absolute Gasteiger partial charge is 0.115 e.